The molecular weight excluding hydrogens is 425 g/mol. The van der Waals surface area contributed by atoms with Crippen LogP contribution in [0.3, 0.4) is 0 Å². The number of thiazole rings is 1. The standard InChI is InChI=1S/C23H23F3N2O2S/c1-30-17-11-7-15(8-12-17)20(29)13-14-5-9-16(10-6-14)27-18-3-2-4-19-21(18)31-22(28-19)23(24,25)26/h2-4,7-8,11-12,14,16,27H,5-6,9-10,13H2,1H3. The van der Waals surface area contributed by atoms with Crippen molar-refractivity contribution < 1.29 is 22.7 Å². The molecule has 0 spiro atoms. The molecule has 1 heterocycles. The summed E-state index contributed by atoms with van der Waals surface area (Å²) >= 11 is 0.676. The molecule has 0 unspecified atom stereocenters. The predicted octanol–water partition coefficient (Wildman–Crippen LogP) is 6.57. The molecule has 2 aromatic carbocycles. The number of carbonyl (C=O) groups is 1. The molecule has 1 N–H and O–H groups in total. The third kappa shape index (κ3) is 5.01. The van der Waals surface area contributed by atoms with Crippen LogP contribution in [0.4, 0.5) is 18.9 Å². The van der Waals surface area contributed by atoms with Gasteiger partial charge in [-0.2, -0.15) is 13.2 Å². The summed E-state index contributed by atoms with van der Waals surface area (Å²) in [6.07, 6.45) is -0.352. The molecule has 1 aromatic heterocycles. The number of ketones is 1. The van der Waals surface area contributed by atoms with Crippen LogP contribution >= 0.6 is 11.3 Å². The molecule has 0 bridgehead atoms. The van der Waals surface area contributed by atoms with E-state index < -0.39 is 11.2 Å². The second-order valence-corrected chi connectivity index (χ2v) is 8.89. The van der Waals surface area contributed by atoms with Crippen molar-refractivity contribution in [1.29, 1.82) is 0 Å². The minimum absolute atomic E-state index is 0.133. The van der Waals surface area contributed by atoms with E-state index in [1.807, 2.05) is 0 Å². The van der Waals surface area contributed by atoms with E-state index in [9.17, 15) is 18.0 Å². The second kappa shape index (κ2) is 8.86. The zero-order valence-corrected chi connectivity index (χ0v) is 17.9. The number of ether oxygens (including phenoxy) is 1. The van der Waals surface area contributed by atoms with E-state index in [0.717, 1.165) is 31.4 Å². The van der Waals surface area contributed by atoms with Gasteiger partial charge in [0.2, 0.25) is 0 Å². The molecule has 0 atom stereocenters. The Morgan fingerprint density at radius 2 is 1.84 bits per heavy atom. The van der Waals surface area contributed by atoms with E-state index in [1.165, 1.54) is 0 Å². The molecule has 0 saturated heterocycles. The summed E-state index contributed by atoms with van der Waals surface area (Å²) in [5, 5.41) is 2.59. The van der Waals surface area contributed by atoms with Crippen molar-refractivity contribution in [2.75, 3.05) is 12.4 Å². The van der Waals surface area contributed by atoms with Gasteiger partial charge < -0.3 is 10.1 Å². The van der Waals surface area contributed by atoms with Crippen molar-refractivity contribution in [3.8, 4) is 5.75 Å². The van der Waals surface area contributed by atoms with Gasteiger partial charge in [-0.05, 0) is 68.0 Å². The first-order valence-corrected chi connectivity index (χ1v) is 11.1. The normalized spacial score (nSPS) is 19.4. The summed E-state index contributed by atoms with van der Waals surface area (Å²) < 4.78 is 44.7. The Hall–Kier alpha value is -2.61. The Morgan fingerprint density at radius 3 is 2.48 bits per heavy atom. The maximum absolute atomic E-state index is 13.0. The number of benzene rings is 2. The van der Waals surface area contributed by atoms with Crippen molar-refractivity contribution in [2.45, 2.75) is 44.3 Å². The minimum Gasteiger partial charge on any atom is -0.497 e. The van der Waals surface area contributed by atoms with E-state index in [2.05, 4.69) is 10.3 Å². The van der Waals surface area contributed by atoms with Gasteiger partial charge in [0.05, 0.1) is 23.0 Å². The Balaban J connectivity index is 1.35. The number of nitrogens with zero attached hydrogens (tertiary/aromatic N) is 1. The van der Waals surface area contributed by atoms with Crippen molar-refractivity contribution in [1.82, 2.24) is 4.98 Å². The molecule has 164 valence electrons. The van der Waals surface area contributed by atoms with Crippen LogP contribution < -0.4 is 10.1 Å². The summed E-state index contributed by atoms with van der Waals surface area (Å²) in [6.45, 7) is 0. The number of methoxy groups -OCH3 is 1. The summed E-state index contributed by atoms with van der Waals surface area (Å²) in [6, 6.07) is 12.5. The first-order valence-electron chi connectivity index (χ1n) is 10.2. The lowest BCUT2D eigenvalue weighted by Gasteiger charge is -2.29. The molecular formula is C23H23F3N2O2S. The van der Waals surface area contributed by atoms with E-state index in [4.69, 9.17) is 4.74 Å². The fourth-order valence-corrected chi connectivity index (χ4v) is 4.98. The number of Topliss-reactive ketones (excluding diaryl/α,β-unsaturated/α-hetero) is 1. The highest BCUT2D eigenvalue weighted by Gasteiger charge is 2.35. The molecule has 1 aliphatic carbocycles. The predicted molar refractivity (Wildman–Crippen MR) is 116 cm³/mol. The lowest BCUT2D eigenvalue weighted by atomic mass is 9.82. The maximum atomic E-state index is 13.0. The third-order valence-electron chi connectivity index (χ3n) is 5.75. The maximum Gasteiger partial charge on any atom is 0.443 e. The Kier molecular flexibility index (Phi) is 6.18. The van der Waals surface area contributed by atoms with Crippen molar-refractivity contribution >= 4 is 33.0 Å². The smallest absolute Gasteiger partial charge is 0.443 e. The molecule has 4 nitrogen and oxygen atoms in total. The lowest BCUT2D eigenvalue weighted by molar-refractivity contribution is -0.137. The first kappa shape index (κ1) is 21.6. The summed E-state index contributed by atoms with van der Waals surface area (Å²) in [5.41, 5.74) is 1.75. The second-order valence-electron chi connectivity index (χ2n) is 7.89. The van der Waals surface area contributed by atoms with Crippen molar-refractivity contribution in [3.63, 3.8) is 0 Å². The summed E-state index contributed by atoms with van der Waals surface area (Å²) in [5.74, 6) is 1.18. The average molecular weight is 449 g/mol. The van der Waals surface area contributed by atoms with Crippen LogP contribution in [-0.2, 0) is 6.18 Å². The van der Waals surface area contributed by atoms with Crippen LogP contribution in [0.2, 0.25) is 0 Å². The van der Waals surface area contributed by atoms with E-state index in [1.54, 1.807) is 49.6 Å². The van der Waals surface area contributed by atoms with Crippen LogP contribution in [0.1, 0.15) is 47.5 Å². The van der Waals surface area contributed by atoms with Gasteiger partial charge in [-0.15, -0.1) is 11.3 Å². The van der Waals surface area contributed by atoms with Crippen LogP contribution in [0.5, 0.6) is 5.75 Å². The average Bonchev–Trinajstić information content (AvgIpc) is 3.21. The fourth-order valence-electron chi connectivity index (χ4n) is 4.07. The number of hydrogen-bond acceptors (Lipinski definition) is 5. The van der Waals surface area contributed by atoms with Gasteiger partial charge in [0.15, 0.2) is 10.8 Å². The zero-order valence-electron chi connectivity index (χ0n) is 17.0. The molecule has 4 rings (SSSR count). The van der Waals surface area contributed by atoms with Gasteiger partial charge in [-0.1, -0.05) is 6.07 Å². The molecule has 0 aliphatic heterocycles. The number of anilines is 1. The van der Waals surface area contributed by atoms with Crippen molar-refractivity contribution in [3.05, 3.63) is 53.0 Å². The van der Waals surface area contributed by atoms with E-state index in [-0.39, 0.29) is 11.8 Å². The summed E-state index contributed by atoms with van der Waals surface area (Å²) in [4.78, 5) is 16.3. The summed E-state index contributed by atoms with van der Waals surface area (Å²) in [7, 11) is 1.59. The Morgan fingerprint density at radius 1 is 1.13 bits per heavy atom. The molecule has 1 aliphatic rings. The lowest BCUT2D eigenvalue weighted by Crippen LogP contribution is -2.27. The molecule has 1 fully saturated rings. The molecule has 0 amide bonds. The van der Waals surface area contributed by atoms with Crippen molar-refractivity contribution in [2.24, 2.45) is 5.92 Å². The van der Waals surface area contributed by atoms with Gasteiger partial charge >= 0.3 is 6.18 Å². The highest BCUT2D eigenvalue weighted by atomic mass is 32.1. The quantitative estimate of drug-likeness (QED) is 0.434. The van der Waals surface area contributed by atoms with E-state index in [0.29, 0.717) is 45.1 Å². The van der Waals surface area contributed by atoms with Crippen LogP contribution in [0.25, 0.3) is 10.2 Å². The number of halogens is 3. The number of fused-ring (bicyclic) bond motifs is 1. The molecule has 1 saturated carbocycles. The third-order valence-corrected chi connectivity index (χ3v) is 6.90. The van der Waals surface area contributed by atoms with Crippen LogP contribution in [0, 0.1) is 5.92 Å². The molecule has 0 radical (unpaired) electrons. The van der Waals surface area contributed by atoms with Gasteiger partial charge in [0.25, 0.3) is 0 Å². The zero-order chi connectivity index (χ0) is 22.0. The van der Waals surface area contributed by atoms with Gasteiger partial charge in [0.1, 0.15) is 5.75 Å². The number of aromatic nitrogens is 1. The number of carbonyl (C=O) groups excluding carboxylic acids is 1. The molecule has 3 aromatic rings. The number of hydrogen-bond donors (Lipinski definition) is 1. The largest absolute Gasteiger partial charge is 0.497 e. The fraction of sp³-hybridized carbons (Fsp3) is 0.391. The van der Waals surface area contributed by atoms with Gasteiger partial charge in [-0.3, -0.25) is 4.79 Å². The van der Waals surface area contributed by atoms with Gasteiger partial charge in [0, 0.05) is 18.0 Å². The Labute approximate surface area is 182 Å². The SMILES string of the molecule is COc1ccc(C(=O)CC2CCC(Nc3cccc4nc(C(F)(F)F)sc34)CC2)cc1. The number of alkyl halides is 3. The highest BCUT2D eigenvalue weighted by Crippen LogP contribution is 2.39. The van der Waals surface area contributed by atoms with Crippen LogP contribution in [-0.4, -0.2) is 23.9 Å². The minimum atomic E-state index is -4.44. The first-order chi connectivity index (χ1) is 14.8. The number of rotatable bonds is 6. The number of nitrogens with one attached hydrogen (secondary N) is 1. The molecule has 31 heavy (non-hydrogen) atoms. The molecule has 8 heteroatoms. The monoisotopic (exact) mass is 448 g/mol. The highest BCUT2D eigenvalue weighted by molar-refractivity contribution is 7.19. The van der Waals surface area contributed by atoms with Gasteiger partial charge in [-0.25, -0.2) is 4.98 Å². The van der Waals surface area contributed by atoms with E-state index >= 15 is 0 Å². The van der Waals surface area contributed by atoms with Crippen LogP contribution in [0.15, 0.2) is 42.5 Å². The Bertz CT molecular complexity index is 1050. The topological polar surface area (TPSA) is 51.2 Å².